The molecule has 5 heteroatoms. The Kier molecular flexibility index (Phi) is 4.97. The maximum Gasteiger partial charge on any atom is 0.224 e. The van der Waals surface area contributed by atoms with Crippen molar-refractivity contribution in [2.45, 2.75) is 38.4 Å². The standard InChI is InChI=1S/C13H23NO4/c1-2-8-16-9-3-12(15)14-6-4-13(5-7-14)17-10-11-18-13/h2-11H2,1H3. The SMILES string of the molecule is CCCOCCC(=O)N1CCC2(CC1)OCCO2. The van der Waals surface area contributed by atoms with Gasteiger partial charge in [-0.15, -0.1) is 0 Å². The van der Waals surface area contributed by atoms with Gasteiger partial charge in [0.2, 0.25) is 5.91 Å². The molecular formula is C13H23NO4. The molecule has 0 atom stereocenters. The van der Waals surface area contributed by atoms with Crippen LogP contribution in [0.5, 0.6) is 0 Å². The number of amides is 1. The smallest absolute Gasteiger partial charge is 0.224 e. The van der Waals surface area contributed by atoms with Gasteiger partial charge in [-0.25, -0.2) is 0 Å². The summed E-state index contributed by atoms with van der Waals surface area (Å²) in [6.07, 6.45) is 3.05. The second kappa shape index (κ2) is 6.50. The number of nitrogens with zero attached hydrogens (tertiary/aromatic N) is 1. The van der Waals surface area contributed by atoms with Gasteiger partial charge in [-0.3, -0.25) is 4.79 Å². The monoisotopic (exact) mass is 257 g/mol. The summed E-state index contributed by atoms with van der Waals surface area (Å²) in [6, 6.07) is 0. The molecule has 18 heavy (non-hydrogen) atoms. The zero-order valence-corrected chi connectivity index (χ0v) is 11.2. The van der Waals surface area contributed by atoms with Crippen molar-refractivity contribution in [1.82, 2.24) is 4.90 Å². The number of hydrogen-bond acceptors (Lipinski definition) is 4. The second-order valence-electron chi connectivity index (χ2n) is 4.85. The zero-order valence-electron chi connectivity index (χ0n) is 11.2. The molecule has 2 rings (SSSR count). The van der Waals surface area contributed by atoms with Crippen molar-refractivity contribution < 1.29 is 19.0 Å². The van der Waals surface area contributed by atoms with Gasteiger partial charge in [0.1, 0.15) is 0 Å². The van der Waals surface area contributed by atoms with Crippen LogP contribution in [0.25, 0.3) is 0 Å². The predicted octanol–water partition coefficient (Wildman–Crippen LogP) is 1.17. The van der Waals surface area contributed by atoms with E-state index in [9.17, 15) is 4.79 Å². The van der Waals surface area contributed by atoms with Crippen LogP contribution in [-0.4, -0.2) is 56.1 Å². The summed E-state index contributed by atoms with van der Waals surface area (Å²) >= 11 is 0. The molecular weight excluding hydrogens is 234 g/mol. The molecule has 0 aromatic carbocycles. The van der Waals surface area contributed by atoms with Crippen molar-refractivity contribution in [3.63, 3.8) is 0 Å². The van der Waals surface area contributed by atoms with Crippen LogP contribution in [0.15, 0.2) is 0 Å². The van der Waals surface area contributed by atoms with Crippen LogP contribution in [0.3, 0.4) is 0 Å². The summed E-state index contributed by atoms with van der Waals surface area (Å²) in [7, 11) is 0. The van der Waals surface area contributed by atoms with E-state index in [0.29, 0.717) is 26.2 Å². The molecule has 1 amide bonds. The lowest BCUT2D eigenvalue weighted by Crippen LogP contribution is -2.47. The third kappa shape index (κ3) is 3.43. The van der Waals surface area contributed by atoms with Gasteiger partial charge in [0, 0.05) is 32.5 Å². The lowest BCUT2D eigenvalue weighted by Gasteiger charge is -2.37. The molecule has 2 fully saturated rings. The lowest BCUT2D eigenvalue weighted by atomic mass is 10.0. The van der Waals surface area contributed by atoms with Gasteiger partial charge in [0.15, 0.2) is 5.79 Å². The highest BCUT2D eigenvalue weighted by Gasteiger charge is 2.40. The van der Waals surface area contributed by atoms with Gasteiger partial charge in [0.25, 0.3) is 0 Å². The highest BCUT2D eigenvalue weighted by atomic mass is 16.7. The molecule has 0 unspecified atom stereocenters. The Hall–Kier alpha value is -0.650. The predicted molar refractivity (Wildman–Crippen MR) is 66.2 cm³/mol. The summed E-state index contributed by atoms with van der Waals surface area (Å²) in [5.74, 6) is -0.214. The molecule has 104 valence electrons. The Bertz CT molecular complexity index is 266. The van der Waals surface area contributed by atoms with E-state index < -0.39 is 5.79 Å². The van der Waals surface area contributed by atoms with Gasteiger partial charge in [-0.1, -0.05) is 6.92 Å². The van der Waals surface area contributed by atoms with Gasteiger partial charge >= 0.3 is 0 Å². The molecule has 2 aliphatic rings. The fraction of sp³-hybridized carbons (Fsp3) is 0.923. The van der Waals surface area contributed by atoms with Crippen molar-refractivity contribution in [1.29, 1.82) is 0 Å². The Labute approximate surface area is 108 Å². The van der Waals surface area contributed by atoms with E-state index in [2.05, 4.69) is 6.92 Å². The highest BCUT2D eigenvalue weighted by Crippen LogP contribution is 2.31. The average molecular weight is 257 g/mol. The van der Waals surface area contributed by atoms with E-state index in [1.54, 1.807) is 0 Å². The number of rotatable bonds is 5. The Morgan fingerprint density at radius 3 is 2.50 bits per heavy atom. The van der Waals surface area contributed by atoms with Crippen LogP contribution in [0.2, 0.25) is 0 Å². The van der Waals surface area contributed by atoms with Crippen molar-refractivity contribution in [2.24, 2.45) is 0 Å². The molecule has 0 aromatic rings. The largest absolute Gasteiger partial charge is 0.381 e. The van der Waals surface area contributed by atoms with Crippen molar-refractivity contribution >= 4 is 5.91 Å². The van der Waals surface area contributed by atoms with Crippen molar-refractivity contribution in [2.75, 3.05) is 39.5 Å². The minimum atomic E-state index is -0.393. The van der Waals surface area contributed by atoms with Crippen molar-refractivity contribution in [3.8, 4) is 0 Å². The maximum absolute atomic E-state index is 11.9. The zero-order chi connectivity index (χ0) is 12.8. The Balaban J connectivity index is 1.67. The first-order chi connectivity index (χ1) is 8.76. The first-order valence-corrected chi connectivity index (χ1v) is 6.89. The minimum absolute atomic E-state index is 0.180. The van der Waals surface area contributed by atoms with Gasteiger partial charge < -0.3 is 19.1 Å². The topological polar surface area (TPSA) is 48.0 Å². The number of piperidine rings is 1. The quantitative estimate of drug-likeness (QED) is 0.694. The third-order valence-corrected chi connectivity index (χ3v) is 3.50. The van der Waals surface area contributed by atoms with E-state index in [1.807, 2.05) is 4.90 Å². The summed E-state index contributed by atoms with van der Waals surface area (Å²) in [4.78, 5) is 13.8. The fourth-order valence-corrected chi connectivity index (χ4v) is 2.45. The molecule has 1 spiro atoms. The van der Waals surface area contributed by atoms with Gasteiger partial charge in [0.05, 0.1) is 26.2 Å². The summed E-state index contributed by atoms with van der Waals surface area (Å²) in [5.41, 5.74) is 0. The van der Waals surface area contributed by atoms with E-state index in [4.69, 9.17) is 14.2 Å². The number of ether oxygens (including phenoxy) is 3. The number of likely N-dealkylation sites (tertiary alicyclic amines) is 1. The van der Waals surface area contributed by atoms with E-state index >= 15 is 0 Å². The molecule has 0 N–H and O–H groups in total. The summed E-state index contributed by atoms with van der Waals surface area (Å²) < 4.78 is 16.6. The Morgan fingerprint density at radius 2 is 1.89 bits per heavy atom. The minimum Gasteiger partial charge on any atom is -0.381 e. The molecule has 0 saturated carbocycles. The lowest BCUT2D eigenvalue weighted by molar-refractivity contribution is -0.187. The average Bonchev–Trinajstić information content (AvgIpc) is 2.84. The number of carbonyl (C=O) groups excluding carboxylic acids is 1. The van der Waals surface area contributed by atoms with Gasteiger partial charge in [-0.2, -0.15) is 0 Å². The molecule has 2 aliphatic heterocycles. The third-order valence-electron chi connectivity index (χ3n) is 3.50. The molecule has 2 saturated heterocycles. The fourth-order valence-electron chi connectivity index (χ4n) is 2.45. The van der Waals surface area contributed by atoms with Gasteiger partial charge in [-0.05, 0) is 6.42 Å². The van der Waals surface area contributed by atoms with Crippen LogP contribution in [0.4, 0.5) is 0 Å². The summed E-state index contributed by atoms with van der Waals surface area (Å²) in [5, 5.41) is 0. The van der Waals surface area contributed by atoms with Crippen LogP contribution in [-0.2, 0) is 19.0 Å². The molecule has 5 nitrogen and oxygen atoms in total. The van der Waals surface area contributed by atoms with E-state index in [0.717, 1.165) is 39.0 Å². The van der Waals surface area contributed by atoms with Crippen LogP contribution in [0, 0.1) is 0 Å². The molecule has 0 bridgehead atoms. The normalized spacial score (nSPS) is 22.6. The molecule has 2 heterocycles. The van der Waals surface area contributed by atoms with E-state index in [1.165, 1.54) is 0 Å². The van der Waals surface area contributed by atoms with Crippen LogP contribution < -0.4 is 0 Å². The second-order valence-corrected chi connectivity index (χ2v) is 4.85. The first kappa shape index (κ1) is 13.8. The maximum atomic E-state index is 11.9. The van der Waals surface area contributed by atoms with Crippen LogP contribution in [0.1, 0.15) is 32.6 Å². The van der Waals surface area contributed by atoms with Crippen LogP contribution >= 0.6 is 0 Å². The summed E-state index contributed by atoms with van der Waals surface area (Å²) in [6.45, 7) is 6.14. The first-order valence-electron chi connectivity index (χ1n) is 6.89. The molecule has 0 radical (unpaired) electrons. The highest BCUT2D eigenvalue weighted by molar-refractivity contribution is 5.76. The number of carbonyl (C=O) groups is 1. The Morgan fingerprint density at radius 1 is 1.22 bits per heavy atom. The van der Waals surface area contributed by atoms with Crippen molar-refractivity contribution in [3.05, 3.63) is 0 Å². The molecule has 0 aliphatic carbocycles. The number of hydrogen-bond donors (Lipinski definition) is 0. The molecule has 0 aromatic heterocycles. The van der Waals surface area contributed by atoms with E-state index in [-0.39, 0.29) is 5.91 Å².